The Morgan fingerprint density at radius 2 is 2.25 bits per heavy atom. The molecule has 0 aromatic heterocycles. The van der Waals surface area contributed by atoms with Gasteiger partial charge in [0.1, 0.15) is 0 Å². The summed E-state index contributed by atoms with van der Waals surface area (Å²) in [4.78, 5) is 0. The van der Waals surface area contributed by atoms with Crippen molar-refractivity contribution in [3.05, 3.63) is 0 Å². The van der Waals surface area contributed by atoms with Crippen LogP contribution in [0.5, 0.6) is 0 Å². The topological polar surface area (TPSA) is 49.8 Å². The maximum absolute atomic E-state index is 8.50. The number of nitrogens with two attached hydrogens (primary N) is 1. The maximum atomic E-state index is 8.50. The minimum Gasteiger partial charge on any atom is -0.327 e. The molecule has 1 fully saturated rings. The fourth-order valence-corrected chi connectivity index (χ4v) is 0.804. The third-order valence-electron chi connectivity index (χ3n) is 1.88. The monoisotopic (exact) mass is 110 g/mol. The summed E-state index contributed by atoms with van der Waals surface area (Å²) in [5.41, 5.74) is 5.40. The highest BCUT2D eigenvalue weighted by Crippen LogP contribution is 2.46. The molecule has 8 heavy (non-hydrogen) atoms. The Bertz CT molecular complexity index is 128. The first kappa shape index (κ1) is 5.58. The van der Waals surface area contributed by atoms with Gasteiger partial charge in [0.15, 0.2) is 0 Å². The Morgan fingerprint density at radius 1 is 1.75 bits per heavy atom. The molecule has 1 unspecified atom stereocenters. The van der Waals surface area contributed by atoms with Gasteiger partial charge in [-0.15, -0.1) is 0 Å². The number of nitrogens with zero attached hydrogens (tertiary/aromatic N) is 1. The van der Waals surface area contributed by atoms with Crippen molar-refractivity contribution in [3.63, 3.8) is 0 Å². The summed E-state index contributed by atoms with van der Waals surface area (Å²) >= 11 is 0. The quantitative estimate of drug-likeness (QED) is 0.538. The SMILES string of the molecule is CC(N)C1(C#N)CC1. The first-order chi connectivity index (χ1) is 3.71. The molecule has 0 bridgehead atoms. The average molecular weight is 110 g/mol. The second-order valence-electron chi connectivity index (χ2n) is 2.56. The first-order valence-corrected chi connectivity index (χ1v) is 2.88. The summed E-state index contributed by atoms with van der Waals surface area (Å²) in [5, 5.41) is 8.50. The molecule has 2 nitrogen and oxygen atoms in total. The minimum absolute atomic E-state index is 0.0625. The lowest BCUT2D eigenvalue weighted by atomic mass is 10.0. The number of hydrogen-bond donors (Lipinski definition) is 1. The number of rotatable bonds is 1. The van der Waals surface area contributed by atoms with Crippen LogP contribution in [0.15, 0.2) is 0 Å². The van der Waals surface area contributed by atoms with Gasteiger partial charge in [-0.1, -0.05) is 0 Å². The van der Waals surface area contributed by atoms with Crippen LogP contribution in [0.1, 0.15) is 19.8 Å². The van der Waals surface area contributed by atoms with Gasteiger partial charge in [-0.05, 0) is 19.8 Å². The Kier molecular flexibility index (Phi) is 1.02. The molecule has 2 N–H and O–H groups in total. The van der Waals surface area contributed by atoms with Crippen LogP contribution in [0.3, 0.4) is 0 Å². The molecule has 0 radical (unpaired) electrons. The molecule has 1 saturated carbocycles. The van der Waals surface area contributed by atoms with Gasteiger partial charge in [-0.2, -0.15) is 5.26 Å². The molecule has 0 saturated heterocycles. The predicted octanol–water partition coefficient (Wildman–Crippen LogP) is 0.637. The van der Waals surface area contributed by atoms with Crippen molar-refractivity contribution in [2.45, 2.75) is 25.8 Å². The molecule has 1 aliphatic carbocycles. The zero-order valence-corrected chi connectivity index (χ0v) is 5.02. The lowest BCUT2D eigenvalue weighted by Crippen LogP contribution is -2.26. The summed E-state index contributed by atoms with van der Waals surface area (Å²) in [5.74, 6) is 0. The van der Waals surface area contributed by atoms with Crippen molar-refractivity contribution in [1.29, 1.82) is 5.26 Å². The highest BCUT2D eigenvalue weighted by molar-refractivity contribution is 5.13. The molecule has 1 rings (SSSR count). The van der Waals surface area contributed by atoms with Crippen LogP contribution in [0, 0.1) is 16.7 Å². The second-order valence-corrected chi connectivity index (χ2v) is 2.56. The van der Waals surface area contributed by atoms with Gasteiger partial charge < -0.3 is 5.73 Å². The van der Waals surface area contributed by atoms with E-state index < -0.39 is 0 Å². The number of nitriles is 1. The number of hydrogen-bond acceptors (Lipinski definition) is 2. The van der Waals surface area contributed by atoms with Crippen LogP contribution in [-0.4, -0.2) is 6.04 Å². The maximum Gasteiger partial charge on any atom is 0.0723 e. The molecular weight excluding hydrogens is 100 g/mol. The van der Waals surface area contributed by atoms with Crippen molar-refractivity contribution in [2.24, 2.45) is 11.1 Å². The highest BCUT2D eigenvalue weighted by Gasteiger charge is 2.46. The summed E-state index contributed by atoms with van der Waals surface area (Å²) in [6, 6.07) is 2.29. The van der Waals surface area contributed by atoms with Crippen molar-refractivity contribution >= 4 is 0 Å². The van der Waals surface area contributed by atoms with Gasteiger partial charge in [-0.25, -0.2) is 0 Å². The lowest BCUT2D eigenvalue weighted by Gasteiger charge is -2.07. The minimum atomic E-state index is -0.125. The smallest absolute Gasteiger partial charge is 0.0723 e. The van der Waals surface area contributed by atoms with Gasteiger partial charge >= 0.3 is 0 Å². The summed E-state index contributed by atoms with van der Waals surface area (Å²) in [7, 11) is 0. The van der Waals surface area contributed by atoms with Gasteiger partial charge in [0.2, 0.25) is 0 Å². The molecule has 0 spiro atoms. The largest absolute Gasteiger partial charge is 0.327 e. The van der Waals surface area contributed by atoms with Gasteiger partial charge in [0.25, 0.3) is 0 Å². The zero-order chi connectivity index (χ0) is 6.20. The Morgan fingerprint density at radius 3 is 2.25 bits per heavy atom. The standard InChI is InChI=1S/C6H10N2/c1-5(8)6(4-7)2-3-6/h5H,2-3,8H2,1H3. The van der Waals surface area contributed by atoms with E-state index in [9.17, 15) is 0 Å². The van der Waals surface area contributed by atoms with E-state index >= 15 is 0 Å². The lowest BCUT2D eigenvalue weighted by molar-refractivity contribution is 0.535. The van der Waals surface area contributed by atoms with Crippen LogP contribution < -0.4 is 5.73 Å². The average Bonchev–Trinajstić information content (AvgIpc) is 2.44. The first-order valence-electron chi connectivity index (χ1n) is 2.88. The zero-order valence-electron chi connectivity index (χ0n) is 5.02. The summed E-state index contributed by atoms with van der Waals surface area (Å²) < 4.78 is 0. The van der Waals surface area contributed by atoms with Crippen molar-refractivity contribution in [2.75, 3.05) is 0 Å². The van der Waals surface area contributed by atoms with Crippen LogP contribution in [0.2, 0.25) is 0 Å². The predicted molar refractivity (Wildman–Crippen MR) is 30.9 cm³/mol. The van der Waals surface area contributed by atoms with E-state index in [4.69, 9.17) is 11.0 Å². The second kappa shape index (κ2) is 1.46. The van der Waals surface area contributed by atoms with E-state index in [1.807, 2.05) is 6.92 Å². The van der Waals surface area contributed by atoms with E-state index in [0.717, 1.165) is 12.8 Å². The van der Waals surface area contributed by atoms with Crippen LogP contribution >= 0.6 is 0 Å². The molecule has 2 heteroatoms. The third-order valence-corrected chi connectivity index (χ3v) is 1.88. The third kappa shape index (κ3) is 0.597. The van der Waals surface area contributed by atoms with Crippen LogP contribution in [-0.2, 0) is 0 Å². The van der Waals surface area contributed by atoms with Gasteiger partial charge in [0, 0.05) is 6.04 Å². The molecule has 0 aromatic carbocycles. The molecule has 0 aromatic rings. The summed E-state index contributed by atoms with van der Waals surface area (Å²) in [6.45, 7) is 1.90. The molecular formula is C6H10N2. The Balaban J connectivity index is 2.57. The normalized spacial score (nSPS) is 26.1. The summed E-state index contributed by atoms with van der Waals surface area (Å²) in [6.07, 6.45) is 2.00. The molecule has 0 amide bonds. The van der Waals surface area contributed by atoms with E-state index in [2.05, 4.69) is 6.07 Å². The van der Waals surface area contributed by atoms with Crippen LogP contribution in [0.25, 0.3) is 0 Å². The van der Waals surface area contributed by atoms with Crippen molar-refractivity contribution < 1.29 is 0 Å². The van der Waals surface area contributed by atoms with Crippen molar-refractivity contribution in [3.8, 4) is 6.07 Å². The highest BCUT2D eigenvalue weighted by atomic mass is 14.7. The van der Waals surface area contributed by atoms with Crippen molar-refractivity contribution in [1.82, 2.24) is 0 Å². The fraction of sp³-hybridized carbons (Fsp3) is 0.833. The molecule has 1 atom stereocenters. The van der Waals surface area contributed by atoms with Gasteiger partial charge in [-0.3, -0.25) is 0 Å². The molecule has 1 aliphatic rings. The van der Waals surface area contributed by atoms with E-state index in [1.165, 1.54) is 0 Å². The van der Waals surface area contributed by atoms with E-state index in [0.29, 0.717) is 0 Å². The van der Waals surface area contributed by atoms with Gasteiger partial charge in [0.05, 0.1) is 11.5 Å². The fourth-order valence-electron chi connectivity index (χ4n) is 0.804. The molecule has 0 aliphatic heterocycles. The molecule has 44 valence electrons. The Hall–Kier alpha value is -0.550. The Labute approximate surface area is 49.3 Å². The molecule has 0 heterocycles. The van der Waals surface area contributed by atoms with E-state index in [-0.39, 0.29) is 11.5 Å². The van der Waals surface area contributed by atoms with Crippen LogP contribution in [0.4, 0.5) is 0 Å². The van der Waals surface area contributed by atoms with E-state index in [1.54, 1.807) is 0 Å².